The molecule has 94 valence electrons. The van der Waals surface area contributed by atoms with E-state index in [4.69, 9.17) is 9.47 Å². The summed E-state index contributed by atoms with van der Waals surface area (Å²) in [4.78, 5) is 2.35. The van der Waals surface area contributed by atoms with Crippen molar-refractivity contribution in [2.75, 3.05) is 45.4 Å². The molecule has 0 bridgehead atoms. The summed E-state index contributed by atoms with van der Waals surface area (Å²) in [5, 5.41) is 3.42. The van der Waals surface area contributed by atoms with E-state index in [1.165, 1.54) is 11.3 Å². The number of methoxy groups -OCH3 is 2. The molecule has 0 amide bonds. The molecule has 1 aliphatic heterocycles. The predicted octanol–water partition coefficient (Wildman–Crippen LogP) is 1.25. The smallest absolute Gasteiger partial charge is 0.120 e. The third-order valence-corrected chi connectivity index (χ3v) is 3.07. The molecular weight excluding hydrogens is 216 g/mol. The molecule has 0 atom stereocenters. The van der Waals surface area contributed by atoms with E-state index >= 15 is 0 Å². The van der Waals surface area contributed by atoms with Crippen molar-refractivity contribution in [1.82, 2.24) is 5.32 Å². The first-order valence-electron chi connectivity index (χ1n) is 5.96. The van der Waals surface area contributed by atoms with Gasteiger partial charge in [-0.2, -0.15) is 0 Å². The minimum Gasteiger partial charge on any atom is -0.497 e. The van der Waals surface area contributed by atoms with Crippen LogP contribution >= 0.6 is 0 Å². The van der Waals surface area contributed by atoms with Gasteiger partial charge in [0.1, 0.15) is 5.75 Å². The molecule has 0 aromatic heterocycles. The van der Waals surface area contributed by atoms with Crippen molar-refractivity contribution < 1.29 is 9.47 Å². The summed E-state index contributed by atoms with van der Waals surface area (Å²) >= 11 is 0. The zero-order valence-electron chi connectivity index (χ0n) is 10.5. The molecule has 1 N–H and O–H groups in total. The van der Waals surface area contributed by atoms with E-state index < -0.39 is 0 Å². The van der Waals surface area contributed by atoms with Crippen molar-refractivity contribution in [1.29, 1.82) is 0 Å². The average Bonchev–Trinajstić information content (AvgIpc) is 2.57. The van der Waals surface area contributed by atoms with E-state index in [1.807, 2.05) is 6.07 Å². The molecule has 0 unspecified atom stereocenters. The molecule has 0 fully saturated rings. The van der Waals surface area contributed by atoms with E-state index in [9.17, 15) is 0 Å². The Morgan fingerprint density at radius 3 is 3.00 bits per heavy atom. The summed E-state index contributed by atoms with van der Waals surface area (Å²) in [6.45, 7) is 4.59. The number of rotatable bonds is 4. The second-order valence-electron chi connectivity index (χ2n) is 4.15. The van der Waals surface area contributed by atoms with Crippen molar-refractivity contribution >= 4 is 5.69 Å². The molecule has 4 heteroatoms. The molecule has 0 saturated carbocycles. The van der Waals surface area contributed by atoms with Gasteiger partial charge in [0, 0.05) is 45.0 Å². The predicted molar refractivity (Wildman–Crippen MR) is 68.8 cm³/mol. The van der Waals surface area contributed by atoms with Gasteiger partial charge in [-0.1, -0.05) is 6.07 Å². The van der Waals surface area contributed by atoms with E-state index in [2.05, 4.69) is 22.3 Å². The summed E-state index contributed by atoms with van der Waals surface area (Å²) in [7, 11) is 3.44. The quantitative estimate of drug-likeness (QED) is 0.853. The number of benzene rings is 1. The lowest BCUT2D eigenvalue weighted by Crippen LogP contribution is -2.31. The molecule has 0 saturated heterocycles. The second-order valence-corrected chi connectivity index (χ2v) is 4.15. The van der Waals surface area contributed by atoms with Crippen molar-refractivity contribution in [2.45, 2.75) is 6.54 Å². The van der Waals surface area contributed by atoms with Gasteiger partial charge in [0.15, 0.2) is 0 Å². The van der Waals surface area contributed by atoms with E-state index in [-0.39, 0.29) is 0 Å². The molecule has 1 aliphatic rings. The molecule has 0 radical (unpaired) electrons. The lowest BCUT2D eigenvalue weighted by atomic mass is 10.1. The molecule has 1 heterocycles. The van der Waals surface area contributed by atoms with Gasteiger partial charge in [-0.15, -0.1) is 0 Å². The minimum atomic E-state index is 0.747. The maximum absolute atomic E-state index is 5.30. The Hall–Kier alpha value is -1.26. The number of hydrogen-bond acceptors (Lipinski definition) is 4. The Labute approximate surface area is 103 Å². The van der Waals surface area contributed by atoms with Gasteiger partial charge in [-0.05, 0) is 11.6 Å². The summed E-state index contributed by atoms with van der Waals surface area (Å²) in [6, 6.07) is 6.25. The fourth-order valence-electron chi connectivity index (χ4n) is 2.11. The summed E-state index contributed by atoms with van der Waals surface area (Å²) < 4.78 is 10.5. The molecule has 1 aromatic carbocycles. The largest absolute Gasteiger partial charge is 0.497 e. The third kappa shape index (κ3) is 2.90. The highest BCUT2D eigenvalue weighted by Crippen LogP contribution is 2.27. The number of anilines is 1. The first-order valence-corrected chi connectivity index (χ1v) is 5.96. The number of ether oxygens (including phenoxy) is 2. The molecule has 17 heavy (non-hydrogen) atoms. The lowest BCUT2D eigenvalue weighted by molar-refractivity contribution is 0.205. The van der Waals surface area contributed by atoms with Crippen LogP contribution in [0, 0.1) is 0 Å². The molecule has 2 rings (SSSR count). The van der Waals surface area contributed by atoms with Gasteiger partial charge >= 0.3 is 0 Å². The monoisotopic (exact) mass is 236 g/mol. The highest BCUT2D eigenvalue weighted by atomic mass is 16.5. The number of hydrogen-bond donors (Lipinski definition) is 1. The van der Waals surface area contributed by atoms with Gasteiger partial charge in [0.25, 0.3) is 0 Å². The molecular formula is C13H20N2O2. The van der Waals surface area contributed by atoms with E-state index in [0.717, 1.165) is 38.5 Å². The van der Waals surface area contributed by atoms with Crippen LogP contribution in [0.1, 0.15) is 5.56 Å². The van der Waals surface area contributed by atoms with Crippen LogP contribution < -0.4 is 15.0 Å². The van der Waals surface area contributed by atoms with Crippen LogP contribution in [0.15, 0.2) is 18.2 Å². The van der Waals surface area contributed by atoms with Crippen molar-refractivity contribution in [2.24, 2.45) is 0 Å². The van der Waals surface area contributed by atoms with Gasteiger partial charge < -0.3 is 19.7 Å². The summed E-state index contributed by atoms with van der Waals surface area (Å²) in [5.74, 6) is 0.910. The topological polar surface area (TPSA) is 33.7 Å². The Morgan fingerprint density at radius 1 is 1.35 bits per heavy atom. The van der Waals surface area contributed by atoms with Crippen LogP contribution in [0.5, 0.6) is 5.75 Å². The van der Waals surface area contributed by atoms with Crippen LogP contribution in [0.3, 0.4) is 0 Å². The summed E-state index contributed by atoms with van der Waals surface area (Å²) in [5.41, 5.74) is 2.57. The van der Waals surface area contributed by atoms with Gasteiger partial charge in [-0.25, -0.2) is 0 Å². The van der Waals surface area contributed by atoms with Crippen LogP contribution in [0.2, 0.25) is 0 Å². The Balaban J connectivity index is 2.25. The summed E-state index contributed by atoms with van der Waals surface area (Å²) in [6.07, 6.45) is 0. The first kappa shape index (κ1) is 12.2. The first-order chi connectivity index (χ1) is 8.35. The highest BCUT2D eigenvalue weighted by molar-refractivity contribution is 5.58. The van der Waals surface area contributed by atoms with Gasteiger partial charge in [-0.3, -0.25) is 0 Å². The normalized spacial score (nSPS) is 15.3. The van der Waals surface area contributed by atoms with Crippen LogP contribution in [0.25, 0.3) is 0 Å². The van der Waals surface area contributed by atoms with Crippen LogP contribution in [-0.4, -0.2) is 40.5 Å². The average molecular weight is 236 g/mol. The van der Waals surface area contributed by atoms with Gasteiger partial charge in [0.2, 0.25) is 0 Å². The fourth-order valence-corrected chi connectivity index (χ4v) is 2.11. The fraction of sp³-hybridized carbons (Fsp3) is 0.538. The second kappa shape index (κ2) is 5.89. The molecule has 0 spiro atoms. The maximum Gasteiger partial charge on any atom is 0.120 e. The Bertz CT molecular complexity index is 368. The zero-order valence-corrected chi connectivity index (χ0v) is 10.5. The molecule has 1 aromatic rings. The number of nitrogens with one attached hydrogen (secondary N) is 1. The molecule has 4 nitrogen and oxygen atoms in total. The number of nitrogens with zero attached hydrogens (tertiary/aromatic N) is 1. The maximum atomic E-state index is 5.30. The lowest BCUT2D eigenvalue weighted by Gasteiger charge is -2.24. The van der Waals surface area contributed by atoms with Crippen LogP contribution in [0.4, 0.5) is 5.69 Å². The van der Waals surface area contributed by atoms with E-state index in [0.29, 0.717) is 0 Å². The number of fused-ring (bicyclic) bond motifs is 1. The van der Waals surface area contributed by atoms with E-state index in [1.54, 1.807) is 14.2 Å². The highest BCUT2D eigenvalue weighted by Gasteiger charge is 2.15. The Kier molecular flexibility index (Phi) is 4.23. The van der Waals surface area contributed by atoms with Crippen molar-refractivity contribution in [3.63, 3.8) is 0 Å². The van der Waals surface area contributed by atoms with Crippen LogP contribution in [-0.2, 0) is 11.3 Å². The standard InChI is InChI=1S/C13H20N2O2/c1-16-8-7-15-6-5-14-10-11-3-4-12(17-2)9-13(11)15/h3-4,9,14H,5-8,10H2,1-2H3. The molecule has 0 aliphatic carbocycles. The zero-order chi connectivity index (χ0) is 12.1. The Morgan fingerprint density at radius 2 is 2.24 bits per heavy atom. The van der Waals surface area contributed by atoms with Gasteiger partial charge in [0.05, 0.1) is 13.7 Å². The van der Waals surface area contributed by atoms with Crippen molar-refractivity contribution in [3.8, 4) is 5.75 Å². The third-order valence-electron chi connectivity index (χ3n) is 3.07. The SMILES string of the molecule is COCCN1CCNCc2ccc(OC)cc21. The van der Waals surface area contributed by atoms with Crippen molar-refractivity contribution in [3.05, 3.63) is 23.8 Å². The minimum absolute atomic E-state index is 0.747.